The van der Waals surface area contributed by atoms with Crippen LogP contribution in [-0.2, 0) is 16.1 Å². The Balaban J connectivity index is 0.00000233. The topological polar surface area (TPSA) is 85.7 Å². The quantitative estimate of drug-likeness (QED) is 0.738. The van der Waals surface area contributed by atoms with Crippen molar-refractivity contribution in [1.82, 2.24) is 14.7 Å². The molecule has 0 fully saturated rings. The van der Waals surface area contributed by atoms with E-state index in [1.165, 1.54) is 17.0 Å². The maximum absolute atomic E-state index is 13.3. The lowest BCUT2D eigenvalue weighted by atomic mass is 10.1. The van der Waals surface area contributed by atoms with Crippen LogP contribution in [0.4, 0.5) is 9.18 Å². The van der Waals surface area contributed by atoms with Crippen molar-refractivity contribution in [2.45, 2.75) is 59.7 Å². The Morgan fingerprint density at radius 3 is 2.39 bits per heavy atom. The van der Waals surface area contributed by atoms with Crippen molar-refractivity contribution in [1.29, 1.82) is 0 Å². The van der Waals surface area contributed by atoms with E-state index in [0.29, 0.717) is 0 Å². The number of imide groups is 1. The Morgan fingerprint density at radius 1 is 1.23 bits per heavy atom. The lowest BCUT2D eigenvalue weighted by Crippen LogP contribution is -2.53. The molecular formula is C22H35FN4O4. The molecule has 0 bridgehead atoms. The van der Waals surface area contributed by atoms with Crippen molar-refractivity contribution >= 4 is 18.0 Å². The van der Waals surface area contributed by atoms with Gasteiger partial charge in [0.2, 0.25) is 0 Å². The van der Waals surface area contributed by atoms with Gasteiger partial charge in [0.15, 0.2) is 0 Å². The number of amides is 3. The van der Waals surface area contributed by atoms with Crippen LogP contribution in [0.2, 0.25) is 0 Å². The van der Waals surface area contributed by atoms with Crippen molar-refractivity contribution in [3.05, 3.63) is 35.6 Å². The van der Waals surface area contributed by atoms with E-state index in [1.807, 2.05) is 27.7 Å². The predicted molar refractivity (Wildman–Crippen MR) is 118 cm³/mol. The molecule has 1 unspecified atom stereocenters. The lowest BCUT2D eigenvalue weighted by molar-refractivity contribution is -0.133. The summed E-state index contributed by atoms with van der Waals surface area (Å²) in [6.07, 6.45) is 0.0886. The van der Waals surface area contributed by atoms with Gasteiger partial charge in [-0.1, -0.05) is 26.0 Å². The molecule has 1 aromatic carbocycles. The molecule has 31 heavy (non-hydrogen) atoms. The van der Waals surface area contributed by atoms with E-state index in [0.717, 1.165) is 10.5 Å². The highest BCUT2D eigenvalue weighted by molar-refractivity contribution is 5.98. The first-order chi connectivity index (χ1) is 14.7. The van der Waals surface area contributed by atoms with Gasteiger partial charge in [0, 0.05) is 26.7 Å². The van der Waals surface area contributed by atoms with Gasteiger partial charge in [-0.25, -0.2) is 14.2 Å². The Morgan fingerprint density at radius 2 is 1.84 bits per heavy atom. The zero-order valence-corrected chi connectivity index (χ0v) is 19.3. The summed E-state index contributed by atoms with van der Waals surface area (Å²) in [6, 6.07) is 4.97. The van der Waals surface area contributed by atoms with E-state index >= 15 is 0 Å². The Bertz CT molecular complexity index is 740. The van der Waals surface area contributed by atoms with Crippen LogP contribution in [0, 0.1) is 5.82 Å². The van der Waals surface area contributed by atoms with Gasteiger partial charge in [0.1, 0.15) is 18.5 Å². The fourth-order valence-corrected chi connectivity index (χ4v) is 2.88. The number of hydrogen-bond acceptors (Lipinski definition) is 6. The van der Waals surface area contributed by atoms with Crippen LogP contribution in [0.5, 0.6) is 0 Å². The first-order valence-electron chi connectivity index (χ1n) is 10.6. The van der Waals surface area contributed by atoms with Gasteiger partial charge in [0.25, 0.3) is 11.9 Å². The van der Waals surface area contributed by atoms with Gasteiger partial charge < -0.3 is 19.6 Å². The van der Waals surface area contributed by atoms with Crippen molar-refractivity contribution < 1.29 is 23.8 Å². The number of amidine groups is 1. The van der Waals surface area contributed by atoms with Crippen molar-refractivity contribution in [3.63, 3.8) is 0 Å². The molecule has 2 rings (SSSR count). The second-order valence-corrected chi connectivity index (χ2v) is 7.23. The molecule has 174 valence electrons. The minimum Gasteiger partial charge on any atom is -0.462 e. The summed E-state index contributed by atoms with van der Waals surface area (Å²) < 4.78 is 19.2. The molecule has 1 N–H and O–H groups in total. The average Bonchev–Trinajstić information content (AvgIpc) is 2.78. The second-order valence-electron chi connectivity index (χ2n) is 7.23. The van der Waals surface area contributed by atoms with Crippen LogP contribution >= 0.6 is 0 Å². The third-order valence-electron chi connectivity index (χ3n) is 4.46. The van der Waals surface area contributed by atoms with E-state index in [1.54, 1.807) is 31.0 Å². The van der Waals surface area contributed by atoms with E-state index in [9.17, 15) is 14.0 Å². The van der Waals surface area contributed by atoms with Crippen LogP contribution in [0.1, 0.15) is 46.6 Å². The Kier molecular flexibility index (Phi) is 11.0. The average molecular weight is 439 g/mol. The molecule has 0 saturated heterocycles. The normalized spacial score (nSPS) is 19.2. The largest absolute Gasteiger partial charge is 0.462 e. The van der Waals surface area contributed by atoms with Gasteiger partial charge in [-0.2, -0.15) is 0 Å². The second kappa shape index (κ2) is 12.9. The number of benzene rings is 1. The van der Waals surface area contributed by atoms with Gasteiger partial charge in [-0.05, 0) is 44.9 Å². The van der Waals surface area contributed by atoms with Crippen molar-refractivity contribution in [3.8, 4) is 0 Å². The van der Waals surface area contributed by atoms with Crippen molar-refractivity contribution in [2.75, 3.05) is 26.9 Å². The van der Waals surface area contributed by atoms with Gasteiger partial charge in [-0.3, -0.25) is 9.69 Å². The first-order valence-corrected chi connectivity index (χ1v) is 10.6. The summed E-state index contributed by atoms with van der Waals surface area (Å²) in [7, 11) is 1.55. The van der Waals surface area contributed by atoms with E-state index in [4.69, 9.17) is 9.84 Å². The first kappa shape index (κ1) is 26.4. The molecule has 1 atom stereocenters. The number of ether oxygens (including phenoxy) is 1. The number of carbonyl (C=O) groups excluding carboxylic acids is 2. The number of aliphatic hydroxyl groups excluding tert-OH is 1. The van der Waals surface area contributed by atoms with Crippen LogP contribution < -0.4 is 0 Å². The lowest BCUT2D eigenvalue weighted by Gasteiger charge is -2.33. The summed E-state index contributed by atoms with van der Waals surface area (Å²) in [5.41, 5.74) is 0.770. The zero-order chi connectivity index (χ0) is 23.6. The standard InChI is InChI=1S/C20H29FN4O4.C2H6/c1-14(2)29-19-22-13-23(4)20(28)24(10-5-11-26)18(27)15(3)25(19)12-16-6-8-17(21)9-7-16;1-2/h6-9,14-15,26H,5,10-13H2,1-4H3;1-2H3/b22-19+;. The molecule has 0 spiro atoms. The van der Waals surface area contributed by atoms with E-state index in [2.05, 4.69) is 4.99 Å². The van der Waals surface area contributed by atoms with Gasteiger partial charge >= 0.3 is 6.03 Å². The Labute approximate surface area is 184 Å². The summed E-state index contributed by atoms with van der Waals surface area (Å²) in [4.78, 5) is 34.5. The molecule has 0 aliphatic carbocycles. The monoisotopic (exact) mass is 438 g/mol. The van der Waals surface area contributed by atoms with Gasteiger partial charge in [0.05, 0.1) is 6.10 Å². The van der Waals surface area contributed by atoms with E-state index < -0.39 is 18.0 Å². The zero-order valence-electron chi connectivity index (χ0n) is 19.3. The number of nitrogens with zero attached hydrogens (tertiary/aromatic N) is 4. The number of halogens is 1. The maximum Gasteiger partial charge on any atom is 0.327 e. The number of carbonyl (C=O) groups is 2. The molecule has 0 aromatic heterocycles. The van der Waals surface area contributed by atoms with Crippen LogP contribution in [-0.4, -0.2) is 76.8 Å². The highest BCUT2D eigenvalue weighted by atomic mass is 19.1. The van der Waals surface area contributed by atoms with Crippen LogP contribution in [0.25, 0.3) is 0 Å². The number of aliphatic imine (C=N–C) groups is 1. The maximum atomic E-state index is 13.3. The fourth-order valence-electron chi connectivity index (χ4n) is 2.88. The SMILES string of the molecule is CC.CC(C)O/C1=N/CN(C)C(=O)N(CCCO)C(=O)C(C)N1Cc1ccc(F)cc1. The molecule has 3 amide bonds. The summed E-state index contributed by atoms with van der Waals surface area (Å²) in [5, 5.41) is 9.15. The number of hydrogen-bond donors (Lipinski definition) is 1. The van der Waals surface area contributed by atoms with E-state index in [-0.39, 0.29) is 50.7 Å². The molecule has 8 nitrogen and oxygen atoms in total. The third kappa shape index (κ3) is 7.50. The molecule has 1 aliphatic rings. The molecule has 9 heteroatoms. The minimum absolute atomic E-state index is 0.0103. The third-order valence-corrected chi connectivity index (χ3v) is 4.46. The summed E-state index contributed by atoms with van der Waals surface area (Å²) in [6.45, 7) is 9.61. The summed E-state index contributed by atoms with van der Waals surface area (Å²) >= 11 is 0. The minimum atomic E-state index is -0.758. The molecule has 1 heterocycles. The van der Waals surface area contributed by atoms with Crippen molar-refractivity contribution in [2.24, 2.45) is 4.99 Å². The molecule has 1 aliphatic heterocycles. The molecular weight excluding hydrogens is 403 g/mol. The molecule has 0 radical (unpaired) electrons. The number of rotatable bonds is 6. The predicted octanol–water partition coefficient (Wildman–Crippen LogP) is 3.06. The highest BCUT2D eigenvalue weighted by Crippen LogP contribution is 2.17. The number of urea groups is 1. The van der Waals surface area contributed by atoms with Crippen LogP contribution in [0.15, 0.2) is 29.3 Å². The molecule has 0 saturated carbocycles. The smallest absolute Gasteiger partial charge is 0.327 e. The highest BCUT2D eigenvalue weighted by Gasteiger charge is 2.35. The fraction of sp³-hybridized carbons (Fsp3) is 0.591. The Hall–Kier alpha value is -2.68. The molecule has 1 aromatic rings. The van der Waals surface area contributed by atoms with Gasteiger partial charge in [-0.15, -0.1) is 0 Å². The number of aliphatic hydroxyl groups is 1. The van der Waals surface area contributed by atoms with Crippen LogP contribution in [0.3, 0.4) is 0 Å². The summed E-state index contributed by atoms with van der Waals surface area (Å²) in [5.74, 6) is -0.767.